The van der Waals surface area contributed by atoms with Gasteiger partial charge in [0.25, 0.3) is 0 Å². The minimum Gasteiger partial charge on any atom is -0.464 e. The molecule has 1 amide bonds. The van der Waals surface area contributed by atoms with Gasteiger partial charge in [0.05, 0.1) is 12.6 Å². The first-order valence-electron chi connectivity index (χ1n) is 7.90. The highest BCUT2D eigenvalue weighted by Crippen LogP contribution is 2.12. The van der Waals surface area contributed by atoms with Gasteiger partial charge in [0.15, 0.2) is 0 Å². The molecule has 3 atom stereocenters. The first kappa shape index (κ1) is 17.9. The number of hydrogen-bond acceptors (Lipinski definition) is 5. The smallest absolute Gasteiger partial charge is 0.328 e. The van der Waals surface area contributed by atoms with E-state index in [1.54, 1.807) is 6.92 Å². The molecule has 0 radical (unpaired) electrons. The second-order valence-corrected chi connectivity index (χ2v) is 6.08. The molecule has 1 aliphatic heterocycles. The maximum atomic E-state index is 12.1. The van der Waals surface area contributed by atoms with Crippen molar-refractivity contribution in [3.63, 3.8) is 0 Å². The quantitative estimate of drug-likeness (QED) is 0.569. The molecule has 0 aromatic heterocycles. The van der Waals surface area contributed by atoms with Gasteiger partial charge < -0.3 is 21.1 Å². The summed E-state index contributed by atoms with van der Waals surface area (Å²) in [5, 5.41) is 6.08. The third-order valence-corrected chi connectivity index (χ3v) is 3.63. The van der Waals surface area contributed by atoms with Crippen molar-refractivity contribution in [2.45, 2.75) is 64.6 Å². The van der Waals surface area contributed by atoms with E-state index in [1.807, 2.05) is 13.8 Å². The molecule has 21 heavy (non-hydrogen) atoms. The molecule has 1 heterocycles. The lowest BCUT2D eigenvalue weighted by Gasteiger charge is -2.23. The van der Waals surface area contributed by atoms with Gasteiger partial charge in [-0.2, -0.15) is 0 Å². The highest BCUT2D eigenvalue weighted by Gasteiger charge is 2.29. The largest absolute Gasteiger partial charge is 0.464 e. The van der Waals surface area contributed by atoms with E-state index in [1.165, 1.54) is 0 Å². The van der Waals surface area contributed by atoms with Gasteiger partial charge in [0, 0.05) is 6.04 Å². The summed E-state index contributed by atoms with van der Waals surface area (Å²) in [5.74, 6) is -0.320. The number of hydrogen-bond donors (Lipinski definition) is 3. The Hall–Kier alpha value is -1.14. The molecule has 1 aliphatic rings. The van der Waals surface area contributed by atoms with Crippen molar-refractivity contribution < 1.29 is 14.3 Å². The third kappa shape index (κ3) is 6.44. The van der Waals surface area contributed by atoms with E-state index in [2.05, 4.69) is 10.6 Å². The van der Waals surface area contributed by atoms with Gasteiger partial charge in [-0.25, -0.2) is 4.79 Å². The SMILES string of the molecule is CCOC(=O)[C@H](C[C@H]1CCCN1)NC(=O)[C@@H](N)CC(C)C. The molecule has 0 saturated carbocycles. The Labute approximate surface area is 127 Å². The van der Waals surface area contributed by atoms with Crippen molar-refractivity contribution in [1.29, 1.82) is 0 Å². The fraction of sp³-hybridized carbons (Fsp3) is 0.867. The summed E-state index contributed by atoms with van der Waals surface area (Å²) in [6.45, 7) is 7.05. The monoisotopic (exact) mass is 299 g/mol. The molecule has 6 nitrogen and oxygen atoms in total. The first-order valence-corrected chi connectivity index (χ1v) is 7.90. The van der Waals surface area contributed by atoms with Gasteiger partial charge in [-0.3, -0.25) is 4.79 Å². The summed E-state index contributed by atoms with van der Waals surface area (Å²) in [6, 6.07) is -0.953. The van der Waals surface area contributed by atoms with Crippen LogP contribution in [0.5, 0.6) is 0 Å². The minimum absolute atomic E-state index is 0.251. The van der Waals surface area contributed by atoms with Gasteiger partial charge in [0.2, 0.25) is 5.91 Å². The lowest BCUT2D eigenvalue weighted by Crippen LogP contribution is -2.51. The van der Waals surface area contributed by atoms with Gasteiger partial charge in [-0.05, 0) is 45.1 Å². The molecule has 0 bridgehead atoms. The molecule has 0 aliphatic carbocycles. The molecule has 0 aromatic rings. The van der Waals surface area contributed by atoms with E-state index in [-0.39, 0.29) is 17.9 Å². The average molecular weight is 299 g/mol. The van der Waals surface area contributed by atoms with Crippen molar-refractivity contribution in [1.82, 2.24) is 10.6 Å². The van der Waals surface area contributed by atoms with Crippen LogP contribution in [0.1, 0.15) is 46.5 Å². The van der Waals surface area contributed by atoms with Crippen LogP contribution in [-0.2, 0) is 14.3 Å². The molecule has 0 aromatic carbocycles. The summed E-state index contributed by atoms with van der Waals surface area (Å²) >= 11 is 0. The second-order valence-electron chi connectivity index (χ2n) is 6.08. The predicted molar refractivity (Wildman–Crippen MR) is 81.6 cm³/mol. The summed E-state index contributed by atoms with van der Waals surface area (Å²) in [4.78, 5) is 24.1. The normalized spacial score (nSPS) is 21.1. The Morgan fingerprint density at radius 2 is 2.14 bits per heavy atom. The van der Waals surface area contributed by atoms with Crippen LogP contribution < -0.4 is 16.4 Å². The maximum Gasteiger partial charge on any atom is 0.328 e. The summed E-state index contributed by atoms with van der Waals surface area (Å²) in [5.41, 5.74) is 5.87. The van der Waals surface area contributed by atoms with Crippen LogP contribution in [0.25, 0.3) is 0 Å². The van der Waals surface area contributed by atoms with E-state index >= 15 is 0 Å². The highest BCUT2D eigenvalue weighted by molar-refractivity contribution is 5.87. The van der Waals surface area contributed by atoms with Crippen LogP contribution in [0.15, 0.2) is 0 Å². The molecule has 0 spiro atoms. The van der Waals surface area contributed by atoms with E-state index in [0.717, 1.165) is 19.4 Å². The molecule has 6 heteroatoms. The van der Waals surface area contributed by atoms with Crippen molar-refractivity contribution in [3.05, 3.63) is 0 Å². The van der Waals surface area contributed by atoms with Crippen LogP contribution in [0, 0.1) is 5.92 Å². The molecular formula is C15H29N3O3. The molecule has 0 unspecified atom stereocenters. The summed E-state index contributed by atoms with van der Waals surface area (Å²) in [7, 11) is 0. The van der Waals surface area contributed by atoms with Crippen LogP contribution in [0.4, 0.5) is 0 Å². The topological polar surface area (TPSA) is 93.5 Å². The molecule has 1 fully saturated rings. The highest BCUT2D eigenvalue weighted by atomic mass is 16.5. The Morgan fingerprint density at radius 3 is 2.67 bits per heavy atom. The summed E-state index contributed by atoms with van der Waals surface area (Å²) in [6.07, 6.45) is 3.27. The molecule has 1 saturated heterocycles. The summed E-state index contributed by atoms with van der Waals surface area (Å²) < 4.78 is 5.05. The second kappa shape index (κ2) is 9.00. The van der Waals surface area contributed by atoms with E-state index < -0.39 is 12.1 Å². The van der Waals surface area contributed by atoms with Gasteiger partial charge in [0.1, 0.15) is 6.04 Å². The van der Waals surface area contributed by atoms with E-state index in [0.29, 0.717) is 25.4 Å². The van der Waals surface area contributed by atoms with Crippen LogP contribution in [-0.4, -0.2) is 43.2 Å². The Kier molecular flexibility index (Phi) is 7.67. The minimum atomic E-state index is -0.619. The zero-order chi connectivity index (χ0) is 15.8. The Balaban J connectivity index is 2.58. The van der Waals surface area contributed by atoms with Gasteiger partial charge >= 0.3 is 5.97 Å². The fourth-order valence-electron chi connectivity index (χ4n) is 2.59. The van der Waals surface area contributed by atoms with Crippen molar-refractivity contribution >= 4 is 11.9 Å². The Bertz CT molecular complexity index is 341. The van der Waals surface area contributed by atoms with Crippen LogP contribution in [0.2, 0.25) is 0 Å². The number of amides is 1. The molecule has 4 N–H and O–H groups in total. The number of nitrogens with one attached hydrogen (secondary N) is 2. The predicted octanol–water partition coefficient (Wildman–Crippen LogP) is 0.550. The number of rotatable bonds is 8. The standard InChI is InChI=1S/C15H29N3O3/c1-4-21-15(20)13(9-11-6-5-7-17-11)18-14(19)12(16)8-10(2)3/h10-13,17H,4-9,16H2,1-3H3,(H,18,19)/t11-,12+,13+/m1/s1. The van der Waals surface area contributed by atoms with Crippen LogP contribution >= 0.6 is 0 Å². The van der Waals surface area contributed by atoms with Crippen LogP contribution in [0.3, 0.4) is 0 Å². The molecule has 1 rings (SSSR count). The zero-order valence-corrected chi connectivity index (χ0v) is 13.4. The van der Waals surface area contributed by atoms with E-state index in [9.17, 15) is 9.59 Å². The number of ether oxygens (including phenoxy) is 1. The first-order chi connectivity index (χ1) is 9.93. The van der Waals surface area contributed by atoms with Gasteiger partial charge in [-0.15, -0.1) is 0 Å². The number of nitrogens with two attached hydrogens (primary N) is 1. The average Bonchev–Trinajstić information content (AvgIpc) is 2.90. The van der Waals surface area contributed by atoms with Crippen molar-refractivity contribution in [2.24, 2.45) is 11.7 Å². The number of carbonyl (C=O) groups excluding carboxylic acids is 2. The molecular weight excluding hydrogens is 270 g/mol. The zero-order valence-electron chi connectivity index (χ0n) is 13.4. The number of esters is 1. The Morgan fingerprint density at radius 1 is 1.43 bits per heavy atom. The number of carbonyl (C=O) groups is 2. The van der Waals surface area contributed by atoms with Crippen molar-refractivity contribution in [2.75, 3.05) is 13.2 Å². The maximum absolute atomic E-state index is 12.1. The lowest BCUT2D eigenvalue weighted by atomic mass is 10.0. The fourth-order valence-corrected chi connectivity index (χ4v) is 2.59. The van der Waals surface area contributed by atoms with Gasteiger partial charge in [-0.1, -0.05) is 13.8 Å². The lowest BCUT2D eigenvalue weighted by molar-refractivity contribution is -0.148. The van der Waals surface area contributed by atoms with Crippen molar-refractivity contribution in [3.8, 4) is 0 Å². The molecule has 122 valence electrons. The third-order valence-electron chi connectivity index (χ3n) is 3.63. The van der Waals surface area contributed by atoms with E-state index in [4.69, 9.17) is 10.5 Å².